The van der Waals surface area contributed by atoms with Crippen LogP contribution in [0.25, 0.3) is 0 Å². The van der Waals surface area contributed by atoms with Crippen molar-refractivity contribution in [2.45, 2.75) is 25.7 Å². The first-order chi connectivity index (χ1) is 10.1. The zero-order valence-corrected chi connectivity index (χ0v) is 14.2. The van der Waals surface area contributed by atoms with Crippen molar-refractivity contribution in [3.63, 3.8) is 0 Å². The molecule has 3 rings (SSSR count). The second-order valence-electron chi connectivity index (χ2n) is 6.65. The molecule has 5 nitrogen and oxygen atoms in total. The van der Waals surface area contributed by atoms with Crippen LogP contribution in [0, 0.1) is 11.8 Å². The predicted molar refractivity (Wildman–Crippen MR) is 84.7 cm³/mol. The fourth-order valence-electron chi connectivity index (χ4n) is 3.27. The lowest BCUT2D eigenvalue weighted by molar-refractivity contribution is 0.171. The zero-order valence-electron chi connectivity index (χ0n) is 12.6. The van der Waals surface area contributed by atoms with E-state index in [2.05, 4.69) is 4.90 Å². The Morgan fingerprint density at radius 2 is 1.38 bits per heavy atom. The maximum Gasteiger partial charge on any atom is 0.282 e. The third-order valence-electron chi connectivity index (χ3n) is 4.99. The second kappa shape index (κ2) is 6.71. The van der Waals surface area contributed by atoms with Crippen LogP contribution < -0.4 is 0 Å². The smallest absolute Gasteiger partial charge is 0.282 e. The lowest BCUT2D eigenvalue weighted by Crippen LogP contribution is -2.54. The van der Waals surface area contributed by atoms with Gasteiger partial charge in [-0.15, -0.1) is 11.6 Å². The topological polar surface area (TPSA) is 43.9 Å². The van der Waals surface area contributed by atoms with Crippen molar-refractivity contribution < 1.29 is 8.42 Å². The summed E-state index contributed by atoms with van der Waals surface area (Å²) >= 11 is 5.87. The Hall–Kier alpha value is 0.120. The molecule has 3 aliphatic rings. The lowest BCUT2D eigenvalue weighted by atomic mass is 10.0. The highest BCUT2D eigenvalue weighted by Crippen LogP contribution is 2.30. The normalized spacial score (nSPS) is 28.0. The van der Waals surface area contributed by atoms with Crippen molar-refractivity contribution in [3.8, 4) is 0 Å². The molecule has 0 unspecified atom stereocenters. The standard InChI is InChI=1S/C14H26ClN3O2S/c15-11-13-3-5-17(6-4-13)21(19,20)18-9-7-16(8-10-18)12-14-1-2-14/h13-14H,1-12H2. The van der Waals surface area contributed by atoms with E-state index in [0.29, 0.717) is 38.0 Å². The molecule has 0 radical (unpaired) electrons. The average Bonchev–Trinajstić information content (AvgIpc) is 3.32. The third kappa shape index (κ3) is 3.91. The average molecular weight is 336 g/mol. The maximum atomic E-state index is 12.7. The molecule has 0 atom stereocenters. The molecule has 0 aromatic rings. The van der Waals surface area contributed by atoms with Crippen molar-refractivity contribution in [1.29, 1.82) is 0 Å². The van der Waals surface area contributed by atoms with Crippen molar-refractivity contribution in [1.82, 2.24) is 13.5 Å². The van der Waals surface area contributed by atoms with Gasteiger partial charge in [-0.3, -0.25) is 0 Å². The van der Waals surface area contributed by atoms with Gasteiger partial charge < -0.3 is 4.90 Å². The van der Waals surface area contributed by atoms with Gasteiger partial charge in [0.2, 0.25) is 0 Å². The summed E-state index contributed by atoms with van der Waals surface area (Å²) in [5, 5.41) is 0. The van der Waals surface area contributed by atoms with Gasteiger partial charge in [0.15, 0.2) is 0 Å². The van der Waals surface area contributed by atoms with E-state index in [1.807, 2.05) is 0 Å². The molecule has 1 aliphatic carbocycles. The number of alkyl halides is 1. The minimum atomic E-state index is -3.26. The Labute approximate surface area is 133 Å². The predicted octanol–water partition coefficient (Wildman–Crippen LogP) is 1.21. The number of hydrogen-bond donors (Lipinski definition) is 0. The Kier molecular flexibility index (Phi) is 5.11. The fourth-order valence-corrected chi connectivity index (χ4v) is 5.20. The van der Waals surface area contributed by atoms with Crippen LogP contribution in [-0.4, -0.2) is 73.6 Å². The van der Waals surface area contributed by atoms with Crippen LogP contribution in [0.15, 0.2) is 0 Å². The van der Waals surface area contributed by atoms with E-state index in [-0.39, 0.29) is 0 Å². The van der Waals surface area contributed by atoms with E-state index in [1.165, 1.54) is 12.8 Å². The van der Waals surface area contributed by atoms with Gasteiger partial charge in [-0.1, -0.05) is 0 Å². The summed E-state index contributed by atoms with van der Waals surface area (Å²) in [7, 11) is -3.26. The van der Waals surface area contributed by atoms with Crippen molar-refractivity contribution in [2.24, 2.45) is 11.8 Å². The molecule has 0 N–H and O–H groups in total. The molecule has 1 saturated carbocycles. The Balaban J connectivity index is 1.51. The first-order valence-corrected chi connectivity index (χ1v) is 10.1. The Morgan fingerprint density at radius 1 is 0.810 bits per heavy atom. The van der Waals surface area contributed by atoms with Crippen LogP contribution >= 0.6 is 11.6 Å². The van der Waals surface area contributed by atoms with Crippen LogP contribution in [0.2, 0.25) is 0 Å². The van der Waals surface area contributed by atoms with Gasteiger partial charge in [0.05, 0.1) is 0 Å². The molecule has 21 heavy (non-hydrogen) atoms. The molecule has 0 spiro atoms. The molecule has 2 aliphatic heterocycles. The molecule has 7 heteroatoms. The lowest BCUT2D eigenvalue weighted by Gasteiger charge is -2.38. The largest absolute Gasteiger partial charge is 0.300 e. The molecule has 2 saturated heterocycles. The van der Waals surface area contributed by atoms with Crippen molar-refractivity contribution >= 4 is 21.8 Å². The van der Waals surface area contributed by atoms with E-state index in [4.69, 9.17) is 11.6 Å². The molecule has 0 bridgehead atoms. The zero-order chi connectivity index (χ0) is 14.9. The van der Waals surface area contributed by atoms with E-state index in [1.54, 1.807) is 8.61 Å². The van der Waals surface area contributed by atoms with Crippen LogP contribution in [0.1, 0.15) is 25.7 Å². The van der Waals surface area contributed by atoms with Gasteiger partial charge in [0.1, 0.15) is 0 Å². The third-order valence-corrected chi connectivity index (χ3v) is 7.46. The molecular weight excluding hydrogens is 310 g/mol. The van der Waals surface area contributed by atoms with E-state index in [9.17, 15) is 8.42 Å². The molecular formula is C14H26ClN3O2S. The fraction of sp³-hybridized carbons (Fsp3) is 1.00. The number of rotatable bonds is 5. The molecule has 0 aromatic heterocycles. The number of halogens is 1. The highest BCUT2D eigenvalue weighted by atomic mass is 35.5. The monoisotopic (exact) mass is 335 g/mol. The summed E-state index contributed by atoms with van der Waals surface area (Å²) in [5.41, 5.74) is 0. The number of hydrogen-bond acceptors (Lipinski definition) is 3. The quantitative estimate of drug-likeness (QED) is 0.709. The minimum Gasteiger partial charge on any atom is -0.300 e. The van der Waals surface area contributed by atoms with Crippen LogP contribution in [0.3, 0.4) is 0 Å². The summed E-state index contributed by atoms with van der Waals surface area (Å²) in [5.74, 6) is 2.00. The highest BCUT2D eigenvalue weighted by Gasteiger charge is 2.35. The second-order valence-corrected chi connectivity index (χ2v) is 8.88. The molecule has 122 valence electrons. The first kappa shape index (κ1) is 16.0. The van der Waals surface area contributed by atoms with Crippen molar-refractivity contribution in [3.05, 3.63) is 0 Å². The van der Waals surface area contributed by atoms with Gasteiger partial charge in [-0.25, -0.2) is 0 Å². The maximum absolute atomic E-state index is 12.7. The van der Waals surface area contributed by atoms with Crippen LogP contribution in [0.4, 0.5) is 0 Å². The molecule has 0 amide bonds. The molecule has 0 aromatic carbocycles. The summed E-state index contributed by atoms with van der Waals surface area (Å²) < 4.78 is 28.7. The Morgan fingerprint density at radius 3 is 1.90 bits per heavy atom. The highest BCUT2D eigenvalue weighted by molar-refractivity contribution is 7.86. The van der Waals surface area contributed by atoms with Gasteiger partial charge in [0, 0.05) is 51.7 Å². The molecule has 3 fully saturated rings. The van der Waals surface area contributed by atoms with E-state index < -0.39 is 10.2 Å². The number of piperazine rings is 1. The van der Waals surface area contributed by atoms with Crippen molar-refractivity contribution in [2.75, 3.05) is 51.7 Å². The van der Waals surface area contributed by atoms with E-state index in [0.717, 1.165) is 38.4 Å². The SMILES string of the molecule is O=S(=O)(N1CCC(CCl)CC1)N1CCN(CC2CC2)CC1. The van der Waals surface area contributed by atoms with Gasteiger partial charge in [-0.2, -0.15) is 17.0 Å². The summed E-state index contributed by atoms with van der Waals surface area (Å²) in [4.78, 5) is 2.42. The first-order valence-electron chi connectivity index (χ1n) is 8.13. The number of nitrogens with zero attached hydrogens (tertiary/aromatic N) is 3. The van der Waals surface area contributed by atoms with E-state index >= 15 is 0 Å². The van der Waals surface area contributed by atoms with Gasteiger partial charge in [-0.05, 0) is 37.5 Å². The minimum absolute atomic E-state index is 0.480. The van der Waals surface area contributed by atoms with Gasteiger partial charge >= 0.3 is 0 Å². The van der Waals surface area contributed by atoms with Gasteiger partial charge in [0.25, 0.3) is 10.2 Å². The van der Waals surface area contributed by atoms with Crippen LogP contribution in [-0.2, 0) is 10.2 Å². The summed E-state index contributed by atoms with van der Waals surface area (Å²) in [6.45, 7) is 5.47. The number of piperidine rings is 1. The Bertz CT molecular complexity index is 439. The molecule has 2 heterocycles. The summed E-state index contributed by atoms with van der Waals surface area (Å²) in [6, 6.07) is 0. The summed E-state index contributed by atoms with van der Waals surface area (Å²) in [6.07, 6.45) is 4.50. The van der Waals surface area contributed by atoms with Crippen LogP contribution in [0.5, 0.6) is 0 Å².